The molecule has 0 amide bonds. The van der Waals surface area contributed by atoms with Crippen molar-refractivity contribution in [1.82, 2.24) is 23.9 Å². The second-order valence-corrected chi connectivity index (χ2v) is 14.8. The van der Waals surface area contributed by atoms with Crippen LogP contribution in [0.15, 0.2) is 200 Å². The number of para-hydroxylation sites is 3. The van der Waals surface area contributed by atoms with Crippen LogP contribution in [0.25, 0.3) is 111 Å². The van der Waals surface area contributed by atoms with E-state index >= 15 is 0 Å². The molecule has 0 spiro atoms. The van der Waals surface area contributed by atoms with Crippen molar-refractivity contribution in [1.29, 1.82) is 0 Å². The molecule has 270 valence electrons. The van der Waals surface area contributed by atoms with Crippen LogP contribution in [-0.2, 0) is 0 Å². The summed E-state index contributed by atoms with van der Waals surface area (Å²) in [6.07, 6.45) is 0. The van der Waals surface area contributed by atoms with E-state index in [1.54, 1.807) is 0 Å². The topological polar surface area (TPSA) is 48.0 Å². The molecule has 0 aliphatic heterocycles. The number of hydrogen-bond acceptors (Lipinski definition) is 3. The molecule has 4 heterocycles. The summed E-state index contributed by atoms with van der Waals surface area (Å²) in [6.45, 7) is 0. The van der Waals surface area contributed by atoms with Crippen molar-refractivity contribution in [3.8, 4) is 51.0 Å². The number of aromatic nitrogens is 5. The summed E-state index contributed by atoms with van der Waals surface area (Å²) in [5, 5.41) is 7.45. The molecule has 5 nitrogen and oxygen atoms in total. The molecule has 0 atom stereocenters. The number of benzene rings is 8. The van der Waals surface area contributed by atoms with Gasteiger partial charge in [-0.2, -0.15) is 0 Å². The van der Waals surface area contributed by atoms with Gasteiger partial charge in [-0.3, -0.25) is 0 Å². The van der Waals surface area contributed by atoms with Crippen LogP contribution in [0.4, 0.5) is 0 Å². The van der Waals surface area contributed by atoms with Gasteiger partial charge in [-0.05, 0) is 59.0 Å². The molecule has 0 unspecified atom stereocenters. The van der Waals surface area contributed by atoms with Crippen LogP contribution in [0.2, 0.25) is 0 Å². The van der Waals surface area contributed by atoms with E-state index < -0.39 is 0 Å². The molecule has 0 aliphatic rings. The molecule has 5 heteroatoms. The minimum atomic E-state index is 0.639. The third-order valence-corrected chi connectivity index (χ3v) is 11.5. The predicted molar refractivity (Wildman–Crippen MR) is 239 cm³/mol. The standard InChI is InChI=1S/C53H33N5/c1-3-14-35(15-4-1)51-54-52(36-16-5-2-6-17-36)56-53(55-51)39-20-13-19-37(32-39)34-26-28-40(29-27-34)57-46-24-11-9-22-42(46)44-31-30-43-41-21-8-12-25-47(41)58-45-23-10-7-18-38(45)33-48(58)49(43)50(44)57/h1-33H. The second kappa shape index (κ2) is 12.8. The van der Waals surface area contributed by atoms with E-state index in [0.717, 1.165) is 33.5 Å². The molecule has 0 radical (unpaired) electrons. The molecule has 0 saturated carbocycles. The van der Waals surface area contributed by atoms with Gasteiger partial charge in [-0.1, -0.05) is 158 Å². The zero-order valence-corrected chi connectivity index (χ0v) is 31.3. The lowest BCUT2D eigenvalue weighted by molar-refractivity contribution is 1.07. The number of pyridine rings is 1. The van der Waals surface area contributed by atoms with E-state index in [9.17, 15) is 0 Å². The minimum Gasteiger partial charge on any atom is -0.309 e. The fourth-order valence-electron chi connectivity index (χ4n) is 8.88. The largest absolute Gasteiger partial charge is 0.309 e. The summed E-state index contributed by atoms with van der Waals surface area (Å²) in [7, 11) is 0. The first-order valence-corrected chi connectivity index (χ1v) is 19.6. The lowest BCUT2D eigenvalue weighted by atomic mass is 10.0. The van der Waals surface area contributed by atoms with Gasteiger partial charge in [0.25, 0.3) is 0 Å². The number of hydrogen-bond donors (Lipinski definition) is 0. The van der Waals surface area contributed by atoms with Crippen LogP contribution in [0.5, 0.6) is 0 Å². The minimum absolute atomic E-state index is 0.639. The van der Waals surface area contributed by atoms with Crippen molar-refractivity contribution < 1.29 is 0 Å². The zero-order chi connectivity index (χ0) is 38.2. The average molecular weight is 740 g/mol. The highest BCUT2D eigenvalue weighted by atomic mass is 15.0. The van der Waals surface area contributed by atoms with E-state index in [2.05, 4.69) is 148 Å². The third kappa shape index (κ3) is 5.00. The van der Waals surface area contributed by atoms with Gasteiger partial charge < -0.3 is 8.97 Å². The Morgan fingerprint density at radius 2 is 0.845 bits per heavy atom. The van der Waals surface area contributed by atoms with Crippen LogP contribution < -0.4 is 0 Å². The molecular formula is C53H33N5. The Morgan fingerprint density at radius 3 is 1.55 bits per heavy atom. The van der Waals surface area contributed by atoms with Gasteiger partial charge in [-0.25, -0.2) is 15.0 Å². The molecule has 0 bridgehead atoms. The van der Waals surface area contributed by atoms with Crippen LogP contribution >= 0.6 is 0 Å². The first kappa shape index (κ1) is 32.4. The van der Waals surface area contributed by atoms with Crippen molar-refractivity contribution in [2.45, 2.75) is 0 Å². The van der Waals surface area contributed by atoms with Crippen LogP contribution in [0.3, 0.4) is 0 Å². The molecule has 12 rings (SSSR count). The van der Waals surface area contributed by atoms with Gasteiger partial charge in [0.05, 0.1) is 27.6 Å². The second-order valence-electron chi connectivity index (χ2n) is 14.8. The first-order valence-electron chi connectivity index (χ1n) is 19.6. The molecule has 0 saturated heterocycles. The number of nitrogens with zero attached hydrogens (tertiary/aromatic N) is 5. The summed E-state index contributed by atoms with van der Waals surface area (Å²) in [5.74, 6) is 1.94. The van der Waals surface area contributed by atoms with Crippen LogP contribution in [0, 0.1) is 0 Å². The van der Waals surface area contributed by atoms with Gasteiger partial charge >= 0.3 is 0 Å². The van der Waals surface area contributed by atoms with Crippen molar-refractivity contribution in [3.63, 3.8) is 0 Å². The summed E-state index contributed by atoms with van der Waals surface area (Å²) >= 11 is 0. The summed E-state index contributed by atoms with van der Waals surface area (Å²) < 4.78 is 4.91. The number of fused-ring (bicyclic) bond motifs is 12. The maximum atomic E-state index is 4.99. The Hall–Kier alpha value is -7.89. The van der Waals surface area contributed by atoms with E-state index in [4.69, 9.17) is 15.0 Å². The Bertz CT molecular complexity index is 3490. The Labute approximate surface area is 333 Å². The lowest BCUT2D eigenvalue weighted by Gasteiger charge is -2.14. The summed E-state index contributed by atoms with van der Waals surface area (Å²) in [6, 6.07) is 71.0. The van der Waals surface area contributed by atoms with Gasteiger partial charge in [0.15, 0.2) is 17.5 Å². The van der Waals surface area contributed by atoms with E-state index in [-0.39, 0.29) is 0 Å². The monoisotopic (exact) mass is 739 g/mol. The predicted octanol–water partition coefficient (Wildman–Crippen LogP) is 13.3. The highest BCUT2D eigenvalue weighted by molar-refractivity contribution is 6.28. The van der Waals surface area contributed by atoms with Crippen molar-refractivity contribution in [3.05, 3.63) is 200 Å². The van der Waals surface area contributed by atoms with Gasteiger partial charge in [0, 0.05) is 49.3 Å². The maximum absolute atomic E-state index is 4.99. The smallest absolute Gasteiger partial charge is 0.164 e. The van der Waals surface area contributed by atoms with Gasteiger partial charge in [-0.15, -0.1) is 0 Å². The number of rotatable bonds is 5. The Balaban J connectivity index is 1.03. The fourth-order valence-corrected chi connectivity index (χ4v) is 8.88. The molecule has 8 aromatic carbocycles. The van der Waals surface area contributed by atoms with E-state index in [1.165, 1.54) is 59.9 Å². The van der Waals surface area contributed by atoms with Crippen molar-refractivity contribution >= 4 is 59.9 Å². The molecular weight excluding hydrogens is 707 g/mol. The molecule has 0 fully saturated rings. The van der Waals surface area contributed by atoms with Gasteiger partial charge in [0.2, 0.25) is 0 Å². The Kier molecular flexibility index (Phi) is 7.16. The molecule has 58 heavy (non-hydrogen) atoms. The van der Waals surface area contributed by atoms with Crippen molar-refractivity contribution in [2.75, 3.05) is 0 Å². The summed E-state index contributed by atoms with van der Waals surface area (Å²) in [4.78, 5) is 14.9. The fraction of sp³-hybridized carbons (Fsp3) is 0. The first-order chi connectivity index (χ1) is 28.8. The molecule has 0 aliphatic carbocycles. The SMILES string of the molecule is c1ccc(-c2nc(-c3ccccc3)nc(-c3cccc(-c4ccc(-n5c6ccccc6c6ccc7c8ccccc8n8c9ccccc9cc8c7c65)cc4)c3)n2)cc1. The molecule has 4 aromatic heterocycles. The normalized spacial score (nSPS) is 11.8. The lowest BCUT2D eigenvalue weighted by Crippen LogP contribution is -2.00. The maximum Gasteiger partial charge on any atom is 0.164 e. The molecule has 12 aromatic rings. The zero-order valence-electron chi connectivity index (χ0n) is 31.3. The van der Waals surface area contributed by atoms with E-state index in [0.29, 0.717) is 17.5 Å². The summed E-state index contributed by atoms with van der Waals surface area (Å²) in [5.41, 5.74) is 12.2. The molecule has 0 N–H and O–H groups in total. The van der Waals surface area contributed by atoms with Crippen LogP contribution in [0.1, 0.15) is 0 Å². The van der Waals surface area contributed by atoms with Crippen molar-refractivity contribution in [2.24, 2.45) is 0 Å². The third-order valence-electron chi connectivity index (χ3n) is 11.5. The highest BCUT2D eigenvalue weighted by Crippen LogP contribution is 2.42. The van der Waals surface area contributed by atoms with E-state index in [1.807, 2.05) is 60.7 Å². The van der Waals surface area contributed by atoms with Gasteiger partial charge in [0.1, 0.15) is 0 Å². The highest BCUT2D eigenvalue weighted by Gasteiger charge is 2.20. The van der Waals surface area contributed by atoms with Crippen LogP contribution in [-0.4, -0.2) is 23.9 Å². The average Bonchev–Trinajstić information content (AvgIpc) is 3.86. The Morgan fingerprint density at radius 1 is 0.310 bits per heavy atom. The quantitative estimate of drug-likeness (QED) is 0.165.